The fourth-order valence-electron chi connectivity index (χ4n) is 2.41. The molecule has 0 aliphatic rings. The zero-order valence-corrected chi connectivity index (χ0v) is 12.7. The topological polar surface area (TPSA) is 68.2 Å². The van der Waals surface area contributed by atoms with E-state index in [1.807, 2.05) is 48.6 Å². The normalized spacial score (nSPS) is 11.8. The number of hydrogen-bond donors (Lipinski definition) is 2. The average molecular weight is 293 g/mol. The van der Waals surface area contributed by atoms with Gasteiger partial charge in [0.1, 0.15) is 5.82 Å². The van der Waals surface area contributed by atoms with Gasteiger partial charge in [0.15, 0.2) is 5.65 Å². The Hall–Kier alpha value is -2.82. The van der Waals surface area contributed by atoms with Crippen LogP contribution in [0.5, 0.6) is 0 Å². The molecule has 0 atom stereocenters. The Bertz CT molecular complexity index is 818. The Kier molecular flexibility index (Phi) is 3.78. The second-order valence-corrected chi connectivity index (χ2v) is 5.29. The van der Waals surface area contributed by atoms with E-state index in [-0.39, 0.29) is 0 Å². The van der Waals surface area contributed by atoms with Crippen LogP contribution in [0.2, 0.25) is 0 Å². The minimum atomic E-state index is 0.632. The molecule has 3 rings (SSSR count). The van der Waals surface area contributed by atoms with E-state index in [1.165, 1.54) is 5.56 Å². The highest BCUT2D eigenvalue weighted by Crippen LogP contribution is 2.17. The van der Waals surface area contributed by atoms with Crippen LogP contribution in [-0.4, -0.2) is 14.6 Å². The number of pyridine rings is 1. The Morgan fingerprint density at radius 3 is 2.73 bits per heavy atom. The number of benzene rings is 1. The molecule has 0 aliphatic heterocycles. The maximum Gasteiger partial charge on any atom is 0.184 e. The van der Waals surface area contributed by atoms with E-state index < -0.39 is 0 Å². The van der Waals surface area contributed by atoms with Gasteiger partial charge in [0, 0.05) is 12.2 Å². The van der Waals surface area contributed by atoms with Crippen molar-refractivity contribution in [3.8, 4) is 0 Å². The number of rotatable bonds is 4. The zero-order chi connectivity index (χ0) is 15.5. The van der Waals surface area contributed by atoms with E-state index in [4.69, 9.17) is 5.73 Å². The summed E-state index contributed by atoms with van der Waals surface area (Å²) in [7, 11) is 0. The average Bonchev–Trinajstić information content (AvgIpc) is 2.92. The van der Waals surface area contributed by atoms with E-state index in [9.17, 15) is 0 Å². The number of nitrogens with zero attached hydrogens (tertiary/aromatic N) is 3. The SMILES string of the molecule is C/C(=C/c1ccc(N)c2nnc(C)n12)NCc1ccccc1. The fourth-order valence-corrected chi connectivity index (χ4v) is 2.41. The third-order valence-electron chi connectivity index (χ3n) is 3.55. The minimum Gasteiger partial charge on any atom is -0.396 e. The smallest absolute Gasteiger partial charge is 0.184 e. The van der Waals surface area contributed by atoms with Crippen LogP contribution in [0.3, 0.4) is 0 Å². The summed E-state index contributed by atoms with van der Waals surface area (Å²) in [4.78, 5) is 0. The van der Waals surface area contributed by atoms with E-state index in [2.05, 4.69) is 33.7 Å². The Morgan fingerprint density at radius 2 is 1.95 bits per heavy atom. The molecule has 0 spiro atoms. The number of allylic oxidation sites excluding steroid dienone is 1. The first kappa shape index (κ1) is 14.1. The number of nitrogens with two attached hydrogens (primary N) is 1. The van der Waals surface area contributed by atoms with Gasteiger partial charge in [0.25, 0.3) is 0 Å². The van der Waals surface area contributed by atoms with Crippen LogP contribution in [0.4, 0.5) is 5.69 Å². The van der Waals surface area contributed by atoms with Crippen LogP contribution >= 0.6 is 0 Å². The maximum absolute atomic E-state index is 5.94. The molecule has 0 bridgehead atoms. The summed E-state index contributed by atoms with van der Waals surface area (Å²) < 4.78 is 1.96. The summed E-state index contributed by atoms with van der Waals surface area (Å²) in [5.41, 5.74) is 10.6. The molecule has 0 fully saturated rings. The third kappa shape index (κ3) is 2.79. The van der Waals surface area contributed by atoms with Crippen LogP contribution in [0.25, 0.3) is 11.7 Å². The van der Waals surface area contributed by atoms with Gasteiger partial charge in [-0.05, 0) is 37.6 Å². The lowest BCUT2D eigenvalue weighted by Gasteiger charge is -2.09. The molecule has 1 aromatic carbocycles. The van der Waals surface area contributed by atoms with Gasteiger partial charge in [-0.2, -0.15) is 0 Å². The van der Waals surface area contributed by atoms with Crippen molar-refractivity contribution in [3.05, 3.63) is 65.2 Å². The molecule has 0 saturated heterocycles. The predicted molar refractivity (Wildman–Crippen MR) is 89.1 cm³/mol. The molecule has 0 radical (unpaired) electrons. The second-order valence-electron chi connectivity index (χ2n) is 5.29. The number of fused-ring (bicyclic) bond motifs is 1. The lowest BCUT2D eigenvalue weighted by Crippen LogP contribution is -2.10. The van der Waals surface area contributed by atoms with Crippen molar-refractivity contribution in [2.24, 2.45) is 0 Å². The van der Waals surface area contributed by atoms with Crippen LogP contribution in [-0.2, 0) is 6.54 Å². The maximum atomic E-state index is 5.94. The van der Waals surface area contributed by atoms with Crippen molar-refractivity contribution in [1.82, 2.24) is 19.9 Å². The van der Waals surface area contributed by atoms with Gasteiger partial charge in [-0.15, -0.1) is 10.2 Å². The molecule has 5 nitrogen and oxygen atoms in total. The molecule has 112 valence electrons. The zero-order valence-electron chi connectivity index (χ0n) is 12.7. The van der Waals surface area contributed by atoms with Gasteiger partial charge in [-0.1, -0.05) is 30.3 Å². The molecule has 3 aromatic rings. The number of anilines is 1. The van der Waals surface area contributed by atoms with Crippen molar-refractivity contribution in [3.63, 3.8) is 0 Å². The summed E-state index contributed by atoms with van der Waals surface area (Å²) >= 11 is 0. The second kappa shape index (κ2) is 5.89. The summed E-state index contributed by atoms with van der Waals surface area (Å²) in [6, 6.07) is 14.1. The van der Waals surface area contributed by atoms with Crippen LogP contribution in [0.1, 0.15) is 24.0 Å². The van der Waals surface area contributed by atoms with Crippen molar-refractivity contribution in [2.45, 2.75) is 20.4 Å². The minimum absolute atomic E-state index is 0.632. The number of aryl methyl sites for hydroxylation is 1. The monoisotopic (exact) mass is 293 g/mol. The van der Waals surface area contributed by atoms with Gasteiger partial charge in [0.2, 0.25) is 0 Å². The molecular weight excluding hydrogens is 274 g/mol. The van der Waals surface area contributed by atoms with Crippen molar-refractivity contribution < 1.29 is 0 Å². The van der Waals surface area contributed by atoms with Crippen LogP contribution in [0.15, 0.2) is 48.2 Å². The van der Waals surface area contributed by atoms with Gasteiger partial charge in [-0.3, -0.25) is 4.40 Å². The van der Waals surface area contributed by atoms with E-state index in [1.54, 1.807) is 0 Å². The third-order valence-corrected chi connectivity index (χ3v) is 3.55. The van der Waals surface area contributed by atoms with Crippen molar-refractivity contribution in [1.29, 1.82) is 0 Å². The molecule has 22 heavy (non-hydrogen) atoms. The highest BCUT2D eigenvalue weighted by atomic mass is 15.3. The lowest BCUT2D eigenvalue weighted by molar-refractivity contribution is 0.817. The van der Waals surface area contributed by atoms with Gasteiger partial charge >= 0.3 is 0 Å². The van der Waals surface area contributed by atoms with E-state index >= 15 is 0 Å². The molecule has 0 unspecified atom stereocenters. The Balaban J connectivity index is 1.85. The highest BCUT2D eigenvalue weighted by Gasteiger charge is 2.07. The number of nitrogens with one attached hydrogen (secondary N) is 1. The summed E-state index contributed by atoms with van der Waals surface area (Å²) in [6.45, 7) is 4.76. The quantitative estimate of drug-likeness (QED) is 0.776. The van der Waals surface area contributed by atoms with Gasteiger partial charge in [-0.25, -0.2) is 0 Å². The standard InChI is InChI=1S/C17H19N5/c1-12(19-11-14-6-4-3-5-7-14)10-15-8-9-16(18)17-21-20-13(2)22(15)17/h3-10,19H,11,18H2,1-2H3/b12-10-. The summed E-state index contributed by atoms with van der Waals surface area (Å²) in [5, 5.41) is 11.6. The Morgan fingerprint density at radius 1 is 1.18 bits per heavy atom. The predicted octanol–water partition coefficient (Wildman–Crippen LogP) is 2.77. The first-order valence-corrected chi connectivity index (χ1v) is 7.21. The van der Waals surface area contributed by atoms with Gasteiger partial charge in [0.05, 0.1) is 11.4 Å². The molecule has 0 aliphatic carbocycles. The van der Waals surface area contributed by atoms with Crippen LogP contribution in [0, 0.1) is 6.92 Å². The first-order chi connectivity index (χ1) is 10.6. The number of nitrogen functional groups attached to an aromatic ring is 1. The largest absolute Gasteiger partial charge is 0.396 e. The van der Waals surface area contributed by atoms with Crippen molar-refractivity contribution in [2.75, 3.05) is 5.73 Å². The van der Waals surface area contributed by atoms with Crippen molar-refractivity contribution >= 4 is 17.4 Å². The highest BCUT2D eigenvalue weighted by molar-refractivity contribution is 5.68. The lowest BCUT2D eigenvalue weighted by atomic mass is 10.2. The van der Waals surface area contributed by atoms with E-state index in [0.717, 1.165) is 23.8 Å². The molecule has 2 heterocycles. The van der Waals surface area contributed by atoms with E-state index in [0.29, 0.717) is 11.3 Å². The summed E-state index contributed by atoms with van der Waals surface area (Å²) in [5.74, 6) is 0.824. The molecule has 2 aromatic heterocycles. The molecule has 0 saturated carbocycles. The fraction of sp³-hybridized carbons (Fsp3) is 0.176. The molecule has 0 amide bonds. The Labute approximate surface area is 129 Å². The first-order valence-electron chi connectivity index (χ1n) is 7.21. The molecule has 5 heteroatoms. The molecule has 3 N–H and O–H groups in total. The van der Waals surface area contributed by atoms with Gasteiger partial charge < -0.3 is 11.1 Å². The summed E-state index contributed by atoms with van der Waals surface area (Å²) in [6.07, 6.45) is 2.08. The van der Waals surface area contributed by atoms with Crippen LogP contribution < -0.4 is 11.1 Å². The molecular formula is C17H19N5. The number of hydrogen-bond acceptors (Lipinski definition) is 4. The number of aromatic nitrogens is 3.